The first kappa shape index (κ1) is 13.4. The van der Waals surface area contributed by atoms with Gasteiger partial charge in [-0.1, -0.05) is 28.1 Å². The van der Waals surface area contributed by atoms with E-state index in [0.29, 0.717) is 13.1 Å². The first-order valence-electron chi connectivity index (χ1n) is 5.95. The van der Waals surface area contributed by atoms with Crippen LogP contribution < -0.4 is 11.1 Å². The van der Waals surface area contributed by atoms with Crippen LogP contribution in [0.15, 0.2) is 28.7 Å². The minimum absolute atomic E-state index is 0.0392. The van der Waals surface area contributed by atoms with Crippen LogP contribution in [0.25, 0.3) is 0 Å². The maximum atomic E-state index is 11.9. The van der Waals surface area contributed by atoms with E-state index in [-0.39, 0.29) is 17.6 Å². The molecule has 98 valence electrons. The number of nitrogens with one attached hydrogen (secondary N) is 1. The first-order valence-corrected chi connectivity index (χ1v) is 6.74. The number of nitrogens with two attached hydrogens (primary N) is 1. The van der Waals surface area contributed by atoms with Gasteiger partial charge in [-0.25, -0.2) is 4.79 Å². The lowest BCUT2D eigenvalue weighted by molar-refractivity contribution is 0.207. The summed E-state index contributed by atoms with van der Waals surface area (Å²) in [4.78, 5) is 13.6. The van der Waals surface area contributed by atoms with Crippen molar-refractivity contribution in [3.8, 4) is 0 Å². The highest BCUT2D eigenvalue weighted by Gasteiger charge is 2.32. The highest BCUT2D eigenvalue weighted by Crippen LogP contribution is 2.23. The van der Waals surface area contributed by atoms with E-state index in [1.165, 1.54) is 0 Å². The van der Waals surface area contributed by atoms with E-state index >= 15 is 0 Å². The number of hydrogen-bond acceptors (Lipinski definition) is 2. The third-order valence-corrected chi connectivity index (χ3v) is 3.33. The molecule has 3 N–H and O–H groups in total. The summed E-state index contributed by atoms with van der Waals surface area (Å²) in [5.41, 5.74) is 6.69. The molecular weight excluding hydrogens is 294 g/mol. The largest absolute Gasteiger partial charge is 0.329 e. The van der Waals surface area contributed by atoms with Crippen LogP contribution in [0, 0.1) is 0 Å². The molecule has 4 nitrogen and oxygen atoms in total. The lowest BCUT2D eigenvalue weighted by atomic mass is 10.1. The molecule has 0 aromatic heterocycles. The number of halogens is 1. The summed E-state index contributed by atoms with van der Waals surface area (Å²) in [6, 6.07) is 7.99. The first-order chi connectivity index (χ1) is 8.35. The average Bonchev–Trinajstić information content (AvgIpc) is 2.58. The van der Waals surface area contributed by atoms with Gasteiger partial charge in [-0.15, -0.1) is 0 Å². The molecule has 1 aromatic carbocycles. The van der Waals surface area contributed by atoms with Crippen molar-refractivity contribution in [3.63, 3.8) is 0 Å². The normalized spacial score (nSPS) is 20.1. The Morgan fingerprint density at radius 1 is 1.56 bits per heavy atom. The molecule has 1 aromatic rings. The van der Waals surface area contributed by atoms with E-state index < -0.39 is 0 Å². The van der Waals surface area contributed by atoms with Gasteiger partial charge in [0.05, 0.1) is 6.04 Å². The highest BCUT2D eigenvalue weighted by molar-refractivity contribution is 9.10. The Bertz CT molecular complexity index is 456. The van der Waals surface area contributed by atoms with Crippen LogP contribution in [0.4, 0.5) is 4.79 Å². The Kier molecular flexibility index (Phi) is 3.64. The molecule has 2 amide bonds. The molecule has 2 rings (SSSR count). The van der Waals surface area contributed by atoms with Crippen molar-refractivity contribution in [2.45, 2.75) is 25.4 Å². The van der Waals surface area contributed by atoms with Gasteiger partial charge in [-0.2, -0.15) is 0 Å². The summed E-state index contributed by atoms with van der Waals surface area (Å²) in [7, 11) is 0. The van der Waals surface area contributed by atoms with Crippen molar-refractivity contribution < 1.29 is 4.79 Å². The number of rotatable bonds is 3. The summed E-state index contributed by atoms with van der Waals surface area (Å²) < 4.78 is 1.02. The van der Waals surface area contributed by atoms with E-state index in [2.05, 4.69) is 21.2 Å². The summed E-state index contributed by atoms with van der Waals surface area (Å²) in [6.45, 7) is 5.07. The standard InChI is InChI=1S/C13H18BrN3O/c1-13(2,15)8-17-7-11(16-12(17)18)9-4-3-5-10(14)6-9/h3-6,11H,7-8,15H2,1-2H3,(H,16,18). The van der Waals surface area contributed by atoms with E-state index in [4.69, 9.17) is 5.73 Å². The maximum Gasteiger partial charge on any atom is 0.318 e. The average molecular weight is 312 g/mol. The van der Waals surface area contributed by atoms with Crippen LogP contribution in [0.5, 0.6) is 0 Å². The topological polar surface area (TPSA) is 58.4 Å². The van der Waals surface area contributed by atoms with Crippen molar-refractivity contribution in [2.75, 3.05) is 13.1 Å². The van der Waals surface area contributed by atoms with Crippen molar-refractivity contribution in [1.82, 2.24) is 10.2 Å². The number of carbonyl (C=O) groups excluding carboxylic acids is 1. The SMILES string of the molecule is CC(C)(N)CN1CC(c2cccc(Br)c2)NC1=O. The van der Waals surface area contributed by atoms with Gasteiger partial charge in [-0.3, -0.25) is 0 Å². The third kappa shape index (κ3) is 3.23. The Morgan fingerprint density at radius 2 is 2.28 bits per heavy atom. The predicted octanol–water partition coefficient (Wildman–Crippen LogP) is 2.25. The van der Waals surface area contributed by atoms with Gasteiger partial charge in [0.15, 0.2) is 0 Å². The van der Waals surface area contributed by atoms with Crippen LogP contribution in [-0.4, -0.2) is 29.6 Å². The van der Waals surface area contributed by atoms with E-state index in [9.17, 15) is 4.79 Å². The van der Waals surface area contributed by atoms with Gasteiger partial charge >= 0.3 is 6.03 Å². The molecule has 1 fully saturated rings. The van der Waals surface area contributed by atoms with Gasteiger partial charge in [-0.05, 0) is 31.5 Å². The molecule has 0 aliphatic carbocycles. The highest BCUT2D eigenvalue weighted by atomic mass is 79.9. The van der Waals surface area contributed by atoms with E-state index in [0.717, 1.165) is 10.0 Å². The van der Waals surface area contributed by atoms with Gasteiger partial charge in [0.1, 0.15) is 0 Å². The van der Waals surface area contributed by atoms with E-state index in [1.807, 2.05) is 38.1 Å². The van der Waals surface area contributed by atoms with Gasteiger partial charge in [0.2, 0.25) is 0 Å². The molecular formula is C13H18BrN3O. The molecule has 5 heteroatoms. The fraction of sp³-hybridized carbons (Fsp3) is 0.462. The van der Waals surface area contributed by atoms with Crippen LogP contribution in [0.3, 0.4) is 0 Å². The number of benzene rings is 1. The lowest BCUT2D eigenvalue weighted by Gasteiger charge is -2.25. The molecule has 1 heterocycles. The minimum Gasteiger partial charge on any atom is -0.329 e. The summed E-state index contributed by atoms with van der Waals surface area (Å²) in [6.07, 6.45) is 0. The number of nitrogens with zero attached hydrogens (tertiary/aromatic N) is 1. The monoisotopic (exact) mass is 311 g/mol. The molecule has 0 bridgehead atoms. The lowest BCUT2D eigenvalue weighted by Crippen LogP contribution is -2.46. The quantitative estimate of drug-likeness (QED) is 0.899. The van der Waals surface area contributed by atoms with Crippen molar-refractivity contribution >= 4 is 22.0 Å². The van der Waals surface area contributed by atoms with Crippen molar-refractivity contribution in [1.29, 1.82) is 0 Å². The van der Waals surface area contributed by atoms with Crippen molar-refractivity contribution in [3.05, 3.63) is 34.3 Å². The fourth-order valence-corrected chi connectivity index (χ4v) is 2.55. The number of carbonyl (C=O) groups is 1. The second kappa shape index (κ2) is 4.90. The summed E-state index contributed by atoms with van der Waals surface area (Å²) in [5, 5.41) is 2.98. The molecule has 0 saturated carbocycles. The summed E-state index contributed by atoms with van der Waals surface area (Å²) >= 11 is 3.44. The smallest absolute Gasteiger partial charge is 0.318 e. The molecule has 1 saturated heterocycles. The Balaban J connectivity index is 2.09. The van der Waals surface area contributed by atoms with Gasteiger partial charge in [0.25, 0.3) is 0 Å². The second-order valence-electron chi connectivity index (χ2n) is 5.43. The van der Waals surface area contributed by atoms with Gasteiger partial charge < -0.3 is 16.0 Å². The fourth-order valence-electron chi connectivity index (χ4n) is 2.13. The van der Waals surface area contributed by atoms with Crippen LogP contribution in [0.2, 0.25) is 0 Å². The van der Waals surface area contributed by atoms with Gasteiger partial charge in [0, 0.05) is 23.1 Å². The Labute approximate surface area is 116 Å². The number of hydrogen-bond donors (Lipinski definition) is 2. The Morgan fingerprint density at radius 3 is 2.89 bits per heavy atom. The molecule has 0 radical (unpaired) electrons. The van der Waals surface area contributed by atoms with Crippen LogP contribution in [-0.2, 0) is 0 Å². The van der Waals surface area contributed by atoms with E-state index in [1.54, 1.807) is 4.90 Å². The molecule has 1 aliphatic rings. The zero-order chi connectivity index (χ0) is 13.3. The predicted molar refractivity (Wildman–Crippen MR) is 75.3 cm³/mol. The maximum absolute atomic E-state index is 11.9. The zero-order valence-corrected chi connectivity index (χ0v) is 12.2. The molecule has 0 spiro atoms. The number of amides is 2. The van der Waals surface area contributed by atoms with Crippen molar-refractivity contribution in [2.24, 2.45) is 5.73 Å². The summed E-state index contributed by atoms with van der Waals surface area (Å²) in [5.74, 6) is 0. The Hall–Kier alpha value is -1.07. The molecule has 1 unspecified atom stereocenters. The third-order valence-electron chi connectivity index (χ3n) is 2.84. The second-order valence-corrected chi connectivity index (χ2v) is 6.34. The minimum atomic E-state index is -0.372. The van der Waals surface area contributed by atoms with Crippen LogP contribution >= 0.6 is 15.9 Å². The molecule has 1 atom stereocenters. The van der Waals surface area contributed by atoms with Crippen LogP contribution in [0.1, 0.15) is 25.5 Å². The molecule has 18 heavy (non-hydrogen) atoms. The molecule has 1 aliphatic heterocycles. The number of urea groups is 1. The zero-order valence-electron chi connectivity index (χ0n) is 10.6.